The van der Waals surface area contributed by atoms with E-state index in [-0.39, 0.29) is 0 Å². The number of fused-ring (bicyclic) bond motifs is 1. The van der Waals surface area contributed by atoms with Gasteiger partial charge in [-0.15, -0.1) is 11.3 Å². The van der Waals surface area contributed by atoms with Crippen LogP contribution >= 0.6 is 11.3 Å². The van der Waals surface area contributed by atoms with E-state index in [0.717, 1.165) is 0 Å². The van der Waals surface area contributed by atoms with Crippen molar-refractivity contribution in [2.45, 2.75) is 0 Å². The SMILES string of the molecule is C1=CC=c2ccsc2=CN=1. The number of hydrogen-bond acceptors (Lipinski definition) is 2. The first-order valence-electron chi connectivity index (χ1n) is 2.99. The van der Waals surface area contributed by atoms with Gasteiger partial charge in [-0.2, -0.15) is 0 Å². The second-order valence-corrected chi connectivity index (χ2v) is 2.91. The van der Waals surface area contributed by atoms with E-state index in [0.29, 0.717) is 0 Å². The number of allylic oxidation sites excluding steroid dienone is 1. The van der Waals surface area contributed by atoms with Crippen molar-refractivity contribution < 1.29 is 0 Å². The van der Waals surface area contributed by atoms with E-state index in [4.69, 9.17) is 0 Å². The Morgan fingerprint density at radius 3 is 3.50 bits per heavy atom. The monoisotopic (exact) mass is 147 g/mol. The van der Waals surface area contributed by atoms with Crippen molar-refractivity contribution in [3.63, 3.8) is 0 Å². The van der Waals surface area contributed by atoms with Crippen LogP contribution in [0.4, 0.5) is 0 Å². The highest BCUT2D eigenvalue weighted by atomic mass is 32.1. The maximum atomic E-state index is 3.93. The van der Waals surface area contributed by atoms with Gasteiger partial charge in [-0.05, 0) is 28.6 Å². The van der Waals surface area contributed by atoms with Gasteiger partial charge in [0.25, 0.3) is 0 Å². The Bertz CT molecular complexity index is 370. The molecule has 0 aromatic carbocycles. The third-order valence-electron chi connectivity index (χ3n) is 1.32. The molecule has 0 saturated heterocycles. The molecule has 0 N–H and O–H groups in total. The van der Waals surface area contributed by atoms with Crippen molar-refractivity contribution in [1.29, 1.82) is 0 Å². The summed E-state index contributed by atoms with van der Waals surface area (Å²) in [5.74, 6) is 2.78. The number of thiophene rings is 1. The molecular weight excluding hydrogens is 142 g/mol. The fourth-order valence-electron chi connectivity index (χ4n) is 0.839. The highest BCUT2D eigenvalue weighted by molar-refractivity contribution is 7.07. The van der Waals surface area contributed by atoms with E-state index < -0.39 is 0 Å². The molecule has 1 aromatic heterocycles. The van der Waals surface area contributed by atoms with E-state index in [1.165, 1.54) is 9.75 Å². The molecular formula is C8H5NS. The Kier molecular flexibility index (Phi) is 1.28. The number of hydrogen-bond donors (Lipinski definition) is 0. The molecule has 10 heavy (non-hydrogen) atoms. The summed E-state index contributed by atoms with van der Waals surface area (Å²) in [5.41, 5.74) is 0. The van der Waals surface area contributed by atoms with Crippen LogP contribution in [0, 0.1) is 0 Å². The Morgan fingerprint density at radius 1 is 1.50 bits per heavy atom. The van der Waals surface area contributed by atoms with E-state index >= 15 is 0 Å². The average molecular weight is 147 g/mol. The smallest absolute Gasteiger partial charge is 0.0546 e. The van der Waals surface area contributed by atoms with Crippen LogP contribution in [0.5, 0.6) is 0 Å². The number of aliphatic imine (C=N–C) groups is 1. The number of nitrogens with zero attached hydrogens (tertiary/aromatic N) is 1. The second-order valence-electron chi connectivity index (χ2n) is 1.96. The Balaban J connectivity index is 2.94. The van der Waals surface area contributed by atoms with E-state index in [1.807, 2.05) is 18.4 Å². The van der Waals surface area contributed by atoms with Crippen LogP contribution in [0.3, 0.4) is 0 Å². The summed E-state index contributed by atoms with van der Waals surface area (Å²) < 4.78 is 1.21. The van der Waals surface area contributed by atoms with Crippen LogP contribution in [-0.2, 0) is 0 Å². The lowest BCUT2D eigenvalue weighted by Gasteiger charge is -1.69. The lowest BCUT2D eigenvalue weighted by Crippen LogP contribution is -2.15. The van der Waals surface area contributed by atoms with Gasteiger partial charge in [0.05, 0.1) is 10.7 Å². The summed E-state index contributed by atoms with van der Waals surface area (Å²) in [5, 5.41) is 3.30. The van der Waals surface area contributed by atoms with Gasteiger partial charge in [-0.25, -0.2) is 4.99 Å². The molecule has 0 unspecified atom stereocenters. The molecule has 2 rings (SSSR count). The Labute approximate surface area is 62.4 Å². The zero-order valence-electron chi connectivity index (χ0n) is 5.24. The summed E-state index contributed by atoms with van der Waals surface area (Å²) in [7, 11) is 0. The lowest BCUT2D eigenvalue weighted by molar-refractivity contribution is 1.67. The minimum atomic E-state index is 1.21. The zero-order chi connectivity index (χ0) is 6.81. The van der Waals surface area contributed by atoms with Gasteiger partial charge in [0.1, 0.15) is 0 Å². The van der Waals surface area contributed by atoms with Crippen LogP contribution in [0.2, 0.25) is 0 Å². The van der Waals surface area contributed by atoms with E-state index in [9.17, 15) is 0 Å². The first-order valence-corrected chi connectivity index (χ1v) is 3.87. The molecule has 2 heterocycles. The number of rotatable bonds is 0. The Morgan fingerprint density at radius 2 is 2.50 bits per heavy atom. The fourth-order valence-corrected chi connectivity index (χ4v) is 1.59. The molecule has 0 saturated carbocycles. The van der Waals surface area contributed by atoms with Crippen molar-refractivity contribution in [2.24, 2.45) is 4.99 Å². The molecule has 1 aliphatic rings. The summed E-state index contributed by atoms with van der Waals surface area (Å²) in [6.45, 7) is 0. The molecule has 1 nitrogen and oxygen atoms in total. The summed E-state index contributed by atoms with van der Waals surface area (Å²) >= 11 is 1.70. The van der Waals surface area contributed by atoms with Crippen molar-refractivity contribution >= 4 is 29.5 Å². The fraction of sp³-hybridized carbons (Fsp3) is 0. The predicted molar refractivity (Wildman–Crippen MR) is 44.5 cm³/mol. The molecule has 0 amide bonds. The normalized spacial score (nSPS) is 13.2. The van der Waals surface area contributed by atoms with Crippen LogP contribution in [0.25, 0.3) is 12.3 Å². The minimum Gasteiger partial charge on any atom is -0.213 e. The first-order chi connectivity index (χ1) is 4.97. The molecule has 0 spiro atoms. The van der Waals surface area contributed by atoms with Crippen molar-refractivity contribution in [2.75, 3.05) is 0 Å². The van der Waals surface area contributed by atoms with E-state index in [2.05, 4.69) is 22.3 Å². The molecule has 0 aliphatic carbocycles. The standard InChI is InChI=1S/C8H5NS/c1-2-7-3-5-10-8(7)6-9-4-1/h1-3,5-6H. The molecule has 1 aromatic rings. The minimum absolute atomic E-state index is 1.21. The lowest BCUT2D eigenvalue weighted by atomic mass is 10.4. The van der Waals surface area contributed by atoms with E-state index in [1.54, 1.807) is 11.3 Å². The average Bonchev–Trinajstić information content (AvgIpc) is 2.28. The van der Waals surface area contributed by atoms with Gasteiger partial charge in [-0.1, -0.05) is 0 Å². The third-order valence-corrected chi connectivity index (χ3v) is 2.19. The predicted octanol–water partition coefficient (Wildman–Crippen LogP) is 0.506. The van der Waals surface area contributed by atoms with Gasteiger partial charge in [0.15, 0.2) is 0 Å². The summed E-state index contributed by atoms with van der Waals surface area (Å²) in [6, 6.07) is 2.08. The Hall–Kier alpha value is -1.11. The van der Waals surface area contributed by atoms with Gasteiger partial charge in [0.2, 0.25) is 0 Å². The van der Waals surface area contributed by atoms with Crippen LogP contribution in [0.1, 0.15) is 0 Å². The zero-order valence-corrected chi connectivity index (χ0v) is 6.06. The van der Waals surface area contributed by atoms with Gasteiger partial charge >= 0.3 is 0 Å². The van der Waals surface area contributed by atoms with Crippen LogP contribution in [0.15, 0.2) is 22.5 Å². The quantitative estimate of drug-likeness (QED) is 0.507. The highest BCUT2D eigenvalue weighted by Crippen LogP contribution is 1.83. The maximum absolute atomic E-state index is 3.93. The van der Waals surface area contributed by atoms with Crippen molar-refractivity contribution in [1.82, 2.24) is 0 Å². The molecule has 2 heteroatoms. The topological polar surface area (TPSA) is 12.4 Å². The second kappa shape index (κ2) is 2.25. The van der Waals surface area contributed by atoms with Crippen molar-refractivity contribution in [3.05, 3.63) is 27.3 Å². The molecule has 0 fully saturated rings. The summed E-state index contributed by atoms with van der Waals surface area (Å²) in [4.78, 5) is 3.93. The van der Waals surface area contributed by atoms with Gasteiger partial charge in [0, 0.05) is 6.08 Å². The van der Waals surface area contributed by atoms with Crippen molar-refractivity contribution in [3.8, 4) is 0 Å². The van der Waals surface area contributed by atoms with Crippen LogP contribution in [-0.4, -0.2) is 5.87 Å². The van der Waals surface area contributed by atoms with Gasteiger partial charge in [-0.3, -0.25) is 0 Å². The molecule has 1 aliphatic heterocycles. The third kappa shape index (κ3) is 0.838. The molecule has 48 valence electrons. The first kappa shape index (κ1) is 5.66. The highest BCUT2D eigenvalue weighted by Gasteiger charge is 1.84. The molecule has 0 radical (unpaired) electrons. The molecule has 0 atom stereocenters. The molecule has 0 bridgehead atoms. The summed E-state index contributed by atoms with van der Waals surface area (Å²) in [6.07, 6.45) is 5.67. The van der Waals surface area contributed by atoms with Gasteiger partial charge < -0.3 is 0 Å². The largest absolute Gasteiger partial charge is 0.213 e. The maximum Gasteiger partial charge on any atom is 0.0546 e. The van der Waals surface area contributed by atoms with Crippen LogP contribution < -0.4 is 9.75 Å².